The Labute approximate surface area is 117 Å². The molecule has 1 aromatic rings. The van der Waals surface area contributed by atoms with Gasteiger partial charge in [0.15, 0.2) is 0 Å². The molecule has 1 saturated heterocycles. The number of aliphatic hydroxyl groups excluding tert-OH is 1. The van der Waals surface area contributed by atoms with E-state index in [-0.39, 0.29) is 32.0 Å². The molecule has 1 fully saturated rings. The highest BCUT2D eigenvalue weighted by atomic mass is 16.5. The largest absolute Gasteiger partial charge is 0.491 e. The number of carbonyl (C=O) groups is 2. The fraction of sp³-hybridized carbons (Fsp3) is 0.429. The zero-order valence-corrected chi connectivity index (χ0v) is 11.1. The number of primary amides is 1. The first-order valence-corrected chi connectivity index (χ1v) is 6.49. The Kier molecular flexibility index (Phi) is 4.57. The molecule has 2 atom stereocenters. The number of nitrogens with zero attached hydrogens (tertiary/aromatic N) is 1. The van der Waals surface area contributed by atoms with E-state index < -0.39 is 17.9 Å². The average molecular weight is 278 g/mol. The molecular formula is C14H18N2O4. The van der Waals surface area contributed by atoms with Gasteiger partial charge in [0.1, 0.15) is 18.5 Å². The summed E-state index contributed by atoms with van der Waals surface area (Å²) in [5.41, 5.74) is 5.18. The number of nitrogens with two attached hydrogens (primary N) is 1. The Morgan fingerprint density at radius 3 is 2.75 bits per heavy atom. The summed E-state index contributed by atoms with van der Waals surface area (Å²) in [4.78, 5) is 24.2. The predicted octanol–water partition coefficient (Wildman–Crippen LogP) is -0.240. The van der Waals surface area contributed by atoms with Crippen LogP contribution in [0.15, 0.2) is 30.3 Å². The molecule has 6 nitrogen and oxygen atoms in total. The number of carbonyl (C=O) groups excluding carboxylic acids is 2. The molecule has 1 aliphatic rings. The number of hydrogen-bond acceptors (Lipinski definition) is 4. The molecule has 6 heteroatoms. The number of amides is 2. The van der Waals surface area contributed by atoms with Gasteiger partial charge in [0.25, 0.3) is 0 Å². The molecule has 2 rings (SSSR count). The molecule has 20 heavy (non-hydrogen) atoms. The maximum atomic E-state index is 11.7. The van der Waals surface area contributed by atoms with Crippen LogP contribution in [0.25, 0.3) is 0 Å². The molecule has 1 aromatic carbocycles. The molecule has 0 radical (unpaired) electrons. The van der Waals surface area contributed by atoms with Crippen LogP contribution in [-0.2, 0) is 9.59 Å². The summed E-state index contributed by atoms with van der Waals surface area (Å²) in [6.45, 7) is 0.515. The highest BCUT2D eigenvalue weighted by Gasteiger charge is 2.33. The molecule has 0 saturated carbocycles. The minimum absolute atomic E-state index is 0.0923. The molecule has 3 N–H and O–H groups in total. The maximum Gasteiger partial charge on any atom is 0.223 e. The second-order valence-corrected chi connectivity index (χ2v) is 4.88. The molecule has 1 heterocycles. The topological polar surface area (TPSA) is 92.9 Å². The van der Waals surface area contributed by atoms with Gasteiger partial charge < -0.3 is 20.5 Å². The number of benzene rings is 1. The number of para-hydroxylation sites is 1. The summed E-state index contributed by atoms with van der Waals surface area (Å²) >= 11 is 0. The number of aliphatic hydroxyl groups is 1. The fourth-order valence-corrected chi connectivity index (χ4v) is 2.16. The van der Waals surface area contributed by atoms with Crippen molar-refractivity contribution in [2.24, 2.45) is 11.7 Å². The van der Waals surface area contributed by atoms with Crippen molar-refractivity contribution < 1.29 is 19.4 Å². The third kappa shape index (κ3) is 3.71. The first-order valence-electron chi connectivity index (χ1n) is 6.49. The highest BCUT2D eigenvalue weighted by molar-refractivity contribution is 5.88. The number of likely N-dealkylation sites (tertiary alicyclic amines) is 1. The van der Waals surface area contributed by atoms with E-state index in [0.29, 0.717) is 5.75 Å². The first-order chi connectivity index (χ1) is 9.56. The van der Waals surface area contributed by atoms with E-state index in [9.17, 15) is 14.7 Å². The van der Waals surface area contributed by atoms with Crippen LogP contribution in [0.3, 0.4) is 0 Å². The second kappa shape index (κ2) is 6.38. The van der Waals surface area contributed by atoms with Crippen LogP contribution in [0.2, 0.25) is 0 Å². The van der Waals surface area contributed by atoms with Gasteiger partial charge in [-0.1, -0.05) is 18.2 Å². The number of β-amino-alcohol motifs (C(OH)–C–C–N with tert-alkyl or cyclic N) is 1. The lowest BCUT2D eigenvalue weighted by Crippen LogP contribution is -2.37. The zero-order valence-electron chi connectivity index (χ0n) is 11.1. The van der Waals surface area contributed by atoms with E-state index in [1.807, 2.05) is 18.2 Å². The summed E-state index contributed by atoms with van der Waals surface area (Å²) in [5.74, 6) is -0.428. The highest BCUT2D eigenvalue weighted by Crippen LogP contribution is 2.17. The minimum Gasteiger partial charge on any atom is -0.491 e. The van der Waals surface area contributed by atoms with Crippen molar-refractivity contribution >= 4 is 11.8 Å². The van der Waals surface area contributed by atoms with Crippen LogP contribution in [-0.4, -0.2) is 47.6 Å². The van der Waals surface area contributed by atoms with Crippen molar-refractivity contribution in [3.8, 4) is 5.75 Å². The standard InChI is InChI=1S/C14H18N2O4/c15-14(19)10-6-13(18)16(7-10)8-11(17)9-20-12-4-2-1-3-5-12/h1-5,10-11,17H,6-9H2,(H2,15,19). The van der Waals surface area contributed by atoms with E-state index in [1.165, 1.54) is 4.90 Å². The zero-order chi connectivity index (χ0) is 14.5. The lowest BCUT2D eigenvalue weighted by atomic mass is 10.1. The van der Waals surface area contributed by atoms with Crippen LogP contribution < -0.4 is 10.5 Å². The van der Waals surface area contributed by atoms with Gasteiger partial charge in [-0.3, -0.25) is 9.59 Å². The van der Waals surface area contributed by atoms with Crippen molar-refractivity contribution in [1.29, 1.82) is 0 Å². The fourth-order valence-electron chi connectivity index (χ4n) is 2.16. The average Bonchev–Trinajstić information content (AvgIpc) is 2.79. The number of rotatable bonds is 6. The van der Waals surface area contributed by atoms with Crippen molar-refractivity contribution in [3.05, 3.63) is 30.3 Å². The predicted molar refractivity (Wildman–Crippen MR) is 71.8 cm³/mol. The molecular weight excluding hydrogens is 260 g/mol. The summed E-state index contributed by atoms with van der Waals surface area (Å²) < 4.78 is 5.41. The van der Waals surface area contributed by atoms with Crippen LogP contribution in [0, 0.1) is 5.92 Å². The maximum absolute atomic E-state index is 11.7. The Bertz CT molecular complexity index is 477. The van der Waals surface area contributed by atoms with Crippen molar-refractivity contribution in [1.82, 2.24) is 4.90 Å². The van der Waals surface area contributed by atoms with Gasteiger partial charge in [0, 0.05) is 19.5 Å². The lowest BCUT2D eigenvalue weighted by molar-refractivity contribution is -0.129. The minimum atomic E-state index is -0.800. The van der Waals surface area contributed by atoms with Gasteiger partial charge in [-0.2, -0.15) is 0 Å². The number of hydrogen-bond donors (Lipinski definition) is 2. The van der Waals surface area contributed by atoms with Crippen molar-refractivity contribution in [2.75, 3.05) is 19.7 Å². The first kappa shape index (κ1) is 14.3. The Balaban J connectivity index is 1.78. The van der Waals surface area contributed by atoms with Crippen molar-refractivity contribution in [3.63, 3.8) is 0 Å². The van der Waals surface area contributed by atoms with Gasteiger partial charge >= 0.3 is 0 Å². The molecule has 0 aliphatic carbocycles. The summed E-state index contributed by atoms with van der Waals surface area (Å²) in [6, 6.07) is 9.12. The second-order valence-electron chi connectivity index (χ2n) is 4.88. The summed E-state index contributed by atoms with van der Waals surface area (Å²) in [6.07, 6.45) is -0.674. The Hall–Kier alpha value is -2.08. The van der Waals surface area contributed by atoms with Crippen LogP contribution in [0.4, 0.5) is 0 Å². The number of ether oxygens (including phenoxy) is 1. The van der Waals surface area contributed by atoms with Gasteiger partial charge in [-0.25, -0.2) is 0 Å². The van der Waals surface area contributed by atoms with E-state index in [4.69, 9.17) is 10.5 Å². The van der Waals surface area contributed by atoms with Crippen LogP contribution in [0.5, 0.6) is 5.75 Å². The Morgan fingerprint density at radius 2 is 2.15 bits per heavy atom. The van der Waals surface area contributed by atoms with E-state index in [1.54, 1.807) is 12.1 Å². The van der Waals surface area contributed by atoms with Crippen molar-refractivity contribution in [2.45, 2.75) is 12.5 Å². The molecule has 0 spiro atoms. The summed E-state index contributed by atoms with van der Waals surface area (Å²) in [7, 11) is 0. The van der Waals surface area contributed by atoms with Crippen LogP contribution in [0.1, 0.15) is 6.42 Å². The van der Waals surface area contributed by atoms with Gasteiger partial charge in [-0.15, -0.1) is 0 Å². The van der Waals surface area contributed by atoms with E-state index in [0.717, 1.165) is 0 Å². The summed E-state index contributed by atoms with van der Waals surface area (Å²) in [5, 5.41) is 9.88. The molecule has 1 aliphatic heterocycles. The lowest BCUT2D eigenvalue weighted by Gasteiger charge is -2.20. The van der Waals surface area contributed by atoms with Crippen LogP contribution >= 0.6 is 0 Å². The smallest absolute Gasteiger partial charge is 0.223 e. The monoisotopic (exact) mass is 278 g/mol. The SMILES string of the molecule is NC(=O)C1CC(=O)N(CC(O)COc2ccccc2)C1. The molecule has 2 amide bonds. The van der Waals surface area contributed by atoms with Gasteiger partial charge in [0.05, 0.1) is 5.92 Å². The third-order valence-electron chi connectivity index (χ3n) is 3.23. The van der Waals surface area contributed by atoms with Gasteiger partial charge in [-0.05, 0) is 12.1 Å². The molecule has 108 valence electrons. The molecule has 0 aromatic heterocycles. The molecule has 2 unspecified atom stereocenters. The third-order valence-corrected chi connectivity index (χ3v) is 3.23. The van der Waals surface area contributed by atoms with E-state index >= 15 is 0 Å². The molecule has 0 bridgehead atoms. The Morgan fingerprint density at radius 1 is 1.45 bits per heavy atom. The van der Waals surface area contributed by atoms with Gasteiger partial charge in [0.2, 0.25) is 11.8 Å². The van der Waals surface area contributed by atoms with E-state index in [2.05, 4.69) is 0 Å². The normalized spacial score (nSPS) is 19.9. The quantitative estimate of drug-likeness (QED) is 0.751.